The number of hydrogen-bond donors (Lipinski definition) is 1. The van der Waals surface area contributed by atoms with E-state index in [1.807, 2.05) is 36.4 Å². The Hall–Kier alpha value is -3.38. The van der Waals surface area contributed by atoms with Crippen molar-refractivity contribution in [1.29, 1.82) is 0 Å². The van der Waals surface area contributed by atoms with Crippen LogP contribution in [0.25, 0.3) is 11.1 Å². The van der Waals surface area contributed by atoms with Gasteiger partial charge >= 0.3 is 5.97 Å². The van der Waals surface area contributed by atoms with Crippen molar-refractivity contribution in [1.82, 2.24) is 0 Å². The molecular weight excluding hydrogens is 495 g/mol. The van der Waals surface area contributed by atoms with E-state index in [9.17, 15) is 9.90 Å². The van der Waals surface area contributed by atoms with Crippen molar-refractivity contribution in [2.45, 2.75) is 64.6 Å². The van der Waals surface area contributed by atoms with Crippen molar-refractivity contribution in [3.63, 3.8) is 0 Å². The summed E-state index contributed by atoms with van der Waals surface area (Å²) in [5, 5.41) is 9.43. The standard InChI is InChI=1S/C33H37FO5/c1-33(2)13-14-38-32(33)29-16-22(9-11-27(29)28-19-25(37-3)10-12-30(28)34)20-39-26-6-4-5-23(17-26)24(18-31(35)36)15-21-7-8-21/h4-6,9-12,16-17,19,21,24,32H,7-8,13-15,18,20H2,1-3H3,(H,35,36)/t24-,32+/m1/s1. The van der Waals surface area contributed by atoms with Gasteiger partial charge in [-0.05, 0) is 88.7 Å². The van der Waals surface area contributed by atoms with Gasteiger partial charge in [-0.2, -0.15) is 0 Å². The molecule has 3 aromatic rings. The fourth-order valence-corrected chi connectivity index (χ4v) is 5.64. The molecule has 1 heterocycles. The molecule has 39 heavy (non-hydrogen) atoms. The van der Waals surface area contributed by atoms with Crippen LogP contribution in [0.1, 0.15) is 74.7 Å². The Kier molecular flexibility index (Phi) is 7.94. The van der Waals surface area contributed by atoms with E-state index in [1.54, 1.807) is 19.2 Å². The van der Waals surface area contributed by atoms with Crippen molar-refractivity contribution in [3.8, 4) is 22.6 Å². The zero-order valence-corrected chi connectivity index (χ0v) is 22.9. The second-order valence-electron chi connectivity index (χ2n) is 11.6. The molecule has 2 atom stereocenters. The number of carbonyl (C=O) groups is 1. The molecule has 206 valence electrons. The first-order chi connectivity index (χ1) is 18.7. The normalized spacial score (nSPS) is 19.0. The van der Waals surface area contributed by atoms with Crippen molar-refractivity contribution >= 4 is 5.97 Å². The van der Waals surface area contributed by atoms with Gasteiger partial charge in [-0.3, -0.25) is 4.79 Å². The number of halogens is 1. The van der Waals surface area contributed by atoms with Gasteiger partial charge in [0, 0.05) is 12.2 Å². The monoisotopic (exact) mass is 532 g/mol. The average molecular weight is 533 g/mol. The van der Waals surface area contributed by atoms with Crippen LogP contribution < -0.4 is 9.47 Å². The molecule has 0 bridgehead atoms. The van der Waals surface area contributed by atoms with Gasteiger partial charge in [0.1, 0.15) is 23.9 Å². The second-order valence-corrected chi connectivity index (χ2v) is 11.6. The smallest absolute Gasteiger partial charge is 0.303 e. The predicted octanol–water partition coefficient (Wildman–Crippen LogP) is 7.93. The zero-order chi connectivity index (χ0) is 27.6. The molecule has 1 N–H and O–H groups in total. The van der Waals surface area contributed by atoms with Crippen LogP contribution in [0, 0.1) is 17.2 Å². The Morgan fingerprint density at radius 1 is 1.08 bits per heavy atom. The van der Waals surface area contributed by atoms with E-state index in [2.05, 4.69) is 19.9 Å². The van der Waals surface area contributed by atoms with Gasteiger partial charge in [-0.25, -0.2) is 4.39 Å². The molecule has 0 spiro atoms. The second kappa shape index (κ2) is 11.4. The van der Waals surface area contributed by atoms with E-state index in [1.165, 1.54) is 18.9 Å². The van der Waals surface area contributed by atoms with Crippen molar-refractivity contribution < 1.29 is 28.5 Å². The van der Waals surface area contributed by atoms with Gasteiger partial charge in [-0.1, -0.05) is 51.0 Å². The fourth-order valence-electron chi connectivity index (χ4n) is 5.64. The Morgan fingerprint density at radius 2 is 1.90 bits per heavy atom. The summed E-state index contributed by atoms with van der Waals surface area (Å²) in [6.07, 6.45) is 4.14. The van der Waals surface area contributed by atoms with E-state index < -0.39 is 5.97 Å². The summed E-state index contributed by atoms with van der Waals surface area (Å²) >= 11 is 0. The maximum atomic E-state index is 15.0. The molecule has 6 heteroatoms. The van der Waals surface area contributed by atoms with Crippen molar-refractivity contribution in [3.05, 3.63) is 83.2 Å². The Morgan fingerprint density at radius 3 is 2.59 bits per heavy atom. The molecule has 2 aliphatic rings. The first-order valence-electron chi connectivity index (χ1n) is 13.8. The molecule has 0 aromatic heterocycles. The summed E-state index contributed by atoms with van der Waals surface area (Å²) in [5.74, 6) is 0.843. The van der Waals surface area contributed by atoms with Crippen LogP contribution in [0.3, 0.4) is 0 Å². The number of aliphatic carboxylic acids is 1. The highest BCUT2D eigenvalue weighted by Crippen LogP contribution is 2.48. The predicted molar refractivity (Wildman–Crippen MR) is 149 cm³/mol. The molecular formula is C33H37FO5. The van der Waals surface area contributed by atoms with Gasteiger partial charge in [0.15, 0.2) is 0 Å². The molecule has 2 fully saturated rings. The highest BCUT2D eigenvalue weighted by atomic mass is 19.1. The summed E-state index contributed by atoms with van der Waals surface area (Å²) < 4.78 is 32.8. The topological polar surface area (TPSA) is 65.0 Å². The lowest BCUT2D eigenvalue weighted by atomic mass is 9.79. The molecule has 1 aliphatic heterocycles. The van der Waals surface area contributed by atoms with Crippen LogP contribution in [0.15, 0.2) is 60.7 Å². The first kappa shape index (κ1) is 27.2. The Bertz CT molecular complexity index is 1330. The number of rotatable bonds is 11. The number of methoxy groups -OCH3 is 1. The van der Waals surface area contributed by atoms with Crippen LogP contribution in [-0.4, -0.2) is 24.8 Å². The van der Waals surface area contributed by atoms with Crippen molar-refractivity contribution in [2.75, 3.05) is 13.7 Å². The lowest BCUT2D eigenvalue weighted by molar-refractivity contribution is -0.137. The summed E-state index contributed by atoms with van der Waals surface area (Å²) in [6.45, 7) is 5.35. The lowest BCUT2D eigenvalue weighted by Crippen LogP contribution is -2.17. The minimum atomic E-state index is -0.774. The third-order valence-electron chi connectivity index (χ3n) is 8.07. The number of ether oxygens (including phenoxy) is 3. The first-order valence-corrected chi connectivity index (χ1v) is 13.8. The summed E-state index contributed by atoms with van der Waals surface area (Å²) in [4.78, 5) is 11.5. The van der Waals surface area contributed by atoms with E-state index in [0.717, 1.165) is 35.1 Å². The highest BCUT2D eigenvalue weighted by molar-refractivity contribution is 5.71. The molecule has 0 unspecified atom stereocenters. The molecule has 5 rings (SSSR count). The van der Waals surface area contributed by atoms with Gasteiger partial charge in [-0.15, -0.1) is 0 Å². The van der Waals surface area contributed by atoms with E-state index in [-0.39, 0.29) is 29.7 Å². The molecule has 1 saturated heterocycles. The van der Waals surface area contributed by atoms with Gasteiger partial charge < -0.3 is 19.3 Å². The average Bonchev–Trinajstić information content (AvgIpc) is 3.66. The largest absolute Gasteiger partial charge is 0.497 e. The lowest BCUT2D eigenvalue weighted by Gasteiger charge is -2.28. The minimum absolute atomic E-state index is 0.0102. The van der Waals surface area contributed by atoms with Crippen LogP contribution in [0.4, 0.5) is 4.39 Å². The van der Waals surface area contributed by atoms with Gasteiger partial charge in [0.25, 0.3) is 0 Å². The van der Waals surface area contributed by atoms with E-state index in [0.29, 0.717) is 36.2 Å². The number of hydrogen-bond acceptors (Lipinski definition) is 4. The number of carboxylic acids is 1. The maximum absolute atomic E-state index is 15.0. The molecule has 1 saturated carbocycles. The fraction of sp³-hybridized carbons (Fsp3) is 0.424. The quantitative estimate of drug-likeness (QED) is 0.272. The Balaban J connectivity index is 1.41. The molecule has 1 aliphatic carbocycles. The van der Waals surface area contributed by atoms with Crippen LogP contribution in [-0.2, 0) is 16.1 Å². The van der Waals surface area contributed by atoms with E-state index >= 15 is 4.39 Å². The molecule has 3 aromatic carbocycles. The summed E-state index contributed by atoms with van der Waals surface area (Å²) in [7, 11) is 1.58. The van der Waals surface area contributed by atoms with Crippen LogP contribution in [0.2, 0.25) is 0 Å². The third kappa shape index (κ3) is 6.44. The van der Waals surface area contributed by atoms with E-state index in [4.69, 9.17) is 14.2 Å². The number of carboxylic acid groups (broad SMARTS) is 1. The summed E-state index contributed by atoms with van der Waals surface area (Å²) in [6, 6.07) is 18.6. The highest BCUT2D eigenvalue weighted by Gasteiger charge is 2.38. The molecule has 5 nitrogen and oxygen atoms in total. The molecule has 0 amide bonds. The van der Waals surface area contributed by atoms with Crippen molar-refractivity contribution in [2.24, 2.45) is 11.3 Å². The SMILES string of the molecule is COc1ccc(F)c(-c2ccc(COc3cccc([C@@H](CC(=O)O)CC4CC4)c3)cc2[C@@H]2OCCC2(C)C)c1. The minimum Gasteiger partial charge on any atom is -0.497 e. The van der Waals surface area contributed by atoms with Crippen LogP contribution >= 0.6 is 0 Å². The summed E-state index contributed by atoms with van der Waals surface area (Å²) in [5.41, 5.74) is 4.06. The Labute approximate surface area is 229 Å². The molecule has 0 radical (unpaired) electrons. The third-order valence-corrected chi connectivity index (χ3v) is 8.07. The van der Waals surface area contributed by atoms with Crippen LogP contribution in [0.5, 0.6) is 11.5 Å². The van der Waals surface area contributed by atoms with Gasteiger partial charge in [0.2, 0.25) is 0 Å². The number of benzene rings is 3. The van der Waals surface area contributed by atoms with Gasteiger partial charge in [0.05, 0.1) is 19.6 Å². The maximum Gasteiger partial charge on any atom is 0.303 e. The zero-order valence-electron chi connectivity index (χ0n) is 22.9.